The standard InChI is InChI=1S/C14H18F2O5/c1-3-20-11-6-5-10(7-12(11)21-4-2)14(15,16)9-19-8-13(17)18/h5-7H,3-4,8-9H2,1-2H3,(H,17,18). The van der Waals surface area contributed by atoms with Crippen molar-refractivity contribution in [1.29, 1.82) is 0 Å². The minimum atomic E-state index is -3.31. The van der Waals surface area contributed by atoms with Gasteiger partial charge in [0, 0.05) is 5.56 Å². The topological polar surface area (TPSA) is 65.0 Å². The fourth-order valence-corrected chi connectivity index (χ4v) is 1.63. The molecule has 0 spiro atoms. The van der Waals surface area contributed by atoms with Gasteiger partial charge in [0.2, 0.25) is 0 Å². The summed E-state index contributed by atoms with van der Waals surface area (Å²) in [5, 5.41) is 8.38. The van der Waals surface area contributed by atoms with Crippen LogP contribution in [0.1, 0.15) is 19.4 Å². The fourth-order valence-electron chi connectivity index (χ4n) is 1.63. The molecule has 1 N–H and O–H groups in total. The van der Waals surface area contributed by atoms with E-state index in [4.69, 9.17) is 14.6 Å². The van der Waals surface area contributed by atoms with Gasteiger partial charge in [-0.1, -0.05) is 0 Å². The number of hydrogen-bond donors (Lipinski definition) is 1. The molecule has 0 unspecified atom stereocenters. The van der Waals surface area contributed by atoms with Gasteiger partial charge in [-0.2, -0.15) is 8.78 Å². The maximum Gasteiger partial charge on any atom is 0.329 e. The van der Waals surface area contributed by atoms with Gasteiger partial charge in [-0.05, 0) is 32.0 Å². The summed E-state index contributed by atoms with van der Waals surface area (Å²) in [6, 6.07) is 3.78. The first kappa shape index (κ1) is 17.2. The van der Waals surface area contributed by atoms with Gasteiger partial charge in [-0.3, -0.25) is 0 Å². The lowest BCUT2D eigenvalue weighted by atomic mass is 10.1. The fraction of sp³-hybridized carbons (Fsp3) is 0.500. The molecule has 0 saturated carbocycles. The third-order valence-electron chi connectivity index (χ3n) is 2.47. The highest BCUT2D eigenvalue weighted by atomic mass is 19.3. The molecule has 0 radical (unpaired) electrons. The van der Waals surface area contributed by atoms with E-state index in [-0.39, 0.29) is 11.3 Å². The summed E-state index contributed by atoms with van der Waals surface area (Å²) in [6.07, 6.45) is 0. The second-order valence-electron chi connectivity index (χ2n) is 4.12. The molecule has 0 atom stereocenters. The van der Waals surface area contributed by atoms with E-state index in [0.29, 0.717) is 19.0 Å². The number of halogens is 2. The van der Waals surface area contributed by atoms with E-state index in [1.807, 2.05) is 0 Å². The van der Waals surface area contributed by atoms with E-state index >= 15 is 0 Å². The molecule has 0 aliphatic carbocycles. The predicted octanol–water partition coefficient (Wildman–Crippen LogP) is 2.68. The molecule has 0 saturated heterocycles. The number of ether oxygens (including phenoxy) is 3. The summed E-state index contributed by atoms with van der Waals surface area (Å²) in [5.74, 6) is -4.01. The van der Waals surface area contributed by atoms with Gasteiger partial charge in [0.05, 0.1) is 13.2 Å². The minimum Gasteiger partial charge on any atom is -0.490 e. The highest BCUT2D eigenvalue weighted by Gasteiger charge is 2.33. The zero-order valence-electron chi connectivity index (χ0n) is 11.9. The first-order chi connectivity index (χ1) is 9.90. The van der Waals surface area contributed by atoms with Crippen LogP contribution in [0.5, 0.6) is 11.5 Å². The maximum absolute atomic E-state index is 13.9. The van der Waals surface area contributed by atoms with Gasteiger partial charge in [0.15, 0.2) is 11.5 Å². The van der Waals surface area contributed by atoms with Crippen LogP contribution in [-0.2, 0) is 15.5 Å². The van der Waals surface area contributed by atoms with Crippen molar-refractivity contribution in [3.8, 4) is 11.5 Å². The van der Waals surface area contributed by atoms with Gasteiger partial charge in [-0.25, -0.2) is 4.79 Å². The predicted molar refractivity (Wildman–Crippen MR) is 71.1 cm³/mol. The monoisotopic (exact) mass is 304 g/mol. The molecule has 1 aromatic rings. The molecule has 0 aliphatic rings. The molecule has 0 aromatic heterocycles. The van der Waals surface area contributed by atoms with Crippen LogP contribution in [0, 0.1) is 0 Å². The quantitative estimate of drug-likeness (QED) is 0.760. The van der Waals surface area contributed by atoms with Crippen LogP contribution < -0.4 is 9.47 Å². The van der Waals surface area contributed by atoms with Crippen molar-refractivity contribution in [3.63, 3.8) is 0 Å². The summed E-state index contributed by atoms with van der Waals surface area (Å²) in [4.78, 5) is 10.3. The van der Waals surface area contributed by atoms with Crippen LogP contribution in [0.25, 0.3) is 0 Å². The summed E-state index contributed by atoms with van der Waals surface area (Å²) in [6.45, 7) is 2.42. The molecular weight excluding hydrogens is 286 g/mol. The third-order valence-corrected chi connectivity index (χ3v) is 2.47. The number of aliphatic carboxylic acids is 1. The third kappa shape index (κ3) is 5.18. The molecule has 0 fully saturated rings. The summed E-state index contributed by atoms with van der Waals surface area (Å²) in [7, 11) is 0. The Morgan fingerprint density at radius 3 is 2.38 bits per heavy atom. The van der Waals surface area contributed by atoms with Gasteiger partial charge >= 0.3 is 5.97 Å². The van der Waals surface area contributed by atoms with Crippen molar-refractivity contribution < 1.29 is 32.9 Å². The number of benzene rings is 1. The van der Waals surface area contributed by atoms with E-state index in [9.17, 15) is 13.6 Å². The Labute approximate surface area is 121 Å². The Bertz CT molecular complexity index is 476. The van der Waals surface area contributed by atoms with Crippen molar-refractivity contribution in [2.45, 2.75) is 19.8 Å². The lowest BCUT2D eigenvalue weighted by Gasteiger charge is -2.18. The van der Waals surface area contributed by atoms with Gasteiger partial charge in [-0.15, -0.1) is 0 Å². The van der Waals surface area contributed by atoms with Crippen LogP contribution >= 0.6 is 0 Å². The Morgan fingerprint density at radius 1 is 1.19 bits per heavy atom. The second-order valence-corrected chi connectivity index (χ2v) is 4.12. The van der Waals surface area contributed by atoms with Crippen LogP contribution in [0.4, 0.5) is 8.78 Å². The number of carboxylic acid groups (broad SMARTS) is 1. The first-order valence-corrected chi connectivity index (χ1v) is 6.48. The smallest absolute Gasteiger partial charge is 0.329 e. The van der Waals surface area contributed by atoms with Crippen molar-refractivity contribution in [2.75, 3.05) is 26.4 Å². The van der Waals surface area contributed by atoms with E-state index in [0.717, 1.165) is 0 Å². The molecule has 1 aromatic carbocycles. The Hall–Kier alpha value is -1.89. The van der Waals surface area contributed by atoms with Crippen LogP contribution in [-0.4, -0.2) is 37.5 Å². The second kappa shape index (κ2) is 7.78. The summed E-state index contributed by atoms with van der Waals surface area (Å²) in [5.41, 5.74) is -0.320. The Kier molecular flexibility index (Phi) is 6.36. The molecule has 0 bridgehead atoms. The highest BCUT2D eigenvalue weighted by molar-refractivity contribution is 5.68. The number of hydrogen-bond acceptors (Lipinski definition) is 4. The molecule has 5 nitrogen and oxygen atoms in total. The molecule has 118 valence electrons. The number of rotatable bonds is 9. The van der Waals surface area contributed by atoms with E-state index in [1.54, 1.807) is 13.8 Å². The first-order valence-electron chi connectivity index (χ1n) is 6.48. The molecular formula is C14H18F2O5. The van der Waals surface area contributed by atoms with Crippen molar-refractivity contribution in [2.24, 2.45) is 0 Å². The van der Waals surface area contributed by atoms with Gasteiger partial charge in [0.1, 0.15) is 13.2 Å². The zero-order chi connectivity index (χ0) is 15.9. The molecule has 1 rings (SSSR count). The van der Waals surface area contributed by atoms with E-state index in [2.05, 4.69) is 4.74 Å². The maximum atomic E-state index is 13.9. The lowest BCUT2D eigenvalue weighted by Crippen LogP contribution is -2.23. The normalized spacial score (nSPS) is 11.2. The highest BCUT2D eigenvalue weighted by Crippen LogP contribution is 2.35. The van der Waals surface area contributed by atoms with Crippen LogP contribution in [0.3, 0.4) is 0 Å². The molecule has 7 heteroatoms. The molecule has 21 heavy (non-hydrogen) atoms. The number of carboxylic acids is 1. The van der Waals surface area contributed by atoms with E-state index in [1.165, 1.54) is 18.2 Å². The van der Waals surface area contributed by atoms with Crippen LogP contribution in [0.2, 0.25) is 0 Å². The average Bonchev–Trinajstić information content (AvgIpc) is 2.40. The van der Waals surface area contributed by atoms with Crippen molar-refractivity contribution >= 4 is 5.97 Å². The molecule has 0 amide bonds. The summed E-state index contributed by atoms with van der Waals surface area (Å²) < 4.78 is 42.9. The van der Waals surface area contributed by atoms with Crippen LogP contribution in [0.15, 0.2) is 18.2 Å². The Balaban J connectivity index is 2.89. The molecule has 0 aliphatic heterocycles. The summed E-state index contributed by atoms with van der Waals surface area (Å²) >= 11 is 0. The van der Waals surface area contributed by atoms with Crippen molar-refractivity contribution in [3.05, 3.63) is 23.8 Å². The lowest BCUT2D eigenvalue weighted by molar-refractivity contribution is -0.147. The largest absolute Gasteiger partial charge is 0.490 e. The SMILES string of the molecule is CCOc1ccc(C(F)(F)COCC(=O)O)cc1OCC. The average molecular weight is 304 g/mol. The number of carbonyl (C=O) groups is 1. The van der Waals surface area contributed by atoms with Gasteiger partial charge < -0.3 is 19.3 Å². The Morgan fingerprint density at radius 2 is 1.81 bits per heavy atom. The molecule has 0 heterocycles. The number of alkyl halides is 2. The zero-order valence-corrected chi connectivity index (χ0v) is 11.9. The van der Waals surface area contributed by atoms with E-state index < -0.39 is 25.1 Å². The minimum absolute atomic E-state index is 0.217. The van der Waals surface area contributed by atoms with Crippen molar-refractivity contribution in [1.82, 2.24) is 0 Å². The van der Waals surface area contributed by atoms with Gasteiger partial charge in [0.25, 0.3) is 5.92 Å².